The first-order valence-corrected chi connectivity index (χ1v) is 8.24. The van der Waals surface area contributed by atoms with E-state index in [0.29, 0.717) is 17.9 Å². The molecule has 126 valence electrons. The first-order chi connectivity index (χ1) is 11.7. The van der Waals surface area contributed by atoms with E-state index >= 15 is 0 Å². The van der Waals surface area contributed by atoms with Crippen molar-refractivity contribution in [3.63, 3.8) is 0 Å². The Labute approximate surface area is 142 Å². The predicted octanol–water partition coefficient (Wildman–Crippen LogP) is 3.44. The molecule has 1 aliphatic rings. The van der Waals surface area contributed by atoms with Gasteiger partial charge in [-0.15, -0.1) is 0 Å². The highest BCUT2D eigenvalue weighted by atomic mass is 16.5. The van der Waals surface area contributed by atoms with Crippen LogP contribution in [-0.4, -0.2) is 20.1 Å². The van der Waals surface area contributed by atoms with Crippen molar-refractivity contribution in [1.82, 2.24) is 5.32 Å². The Morgan fingerprint density at radius 2 is 1.75 bits per heavy atom. The molecule has 0 radical (unpaired) electrons. The quantitative estimate of drug-likeness (QED) is 0.885. The SMILES string of the molecule is COc1ccc(CC(=O)NC2(c3ccccc3)CCC2)cc1OC. The maximum absolute atomic E-state index is 12.6. The van der Waals surface area contributed by atoms with Gasteiger partial charge in [-0.2, -0.15) is 0 Å². The van der Waals surface area contributed by atoms with E-state index in [1.54, 1.807) is 14.2 Å². The normalized spacial score (nSPS) is 15.2. The third-order valence-corrected chi connectivity index (χ3v) is 4.72. The maximum atomic E-state index is 12.6. The van der Waals surface area contributed by atoms with E-state index in [2.05, 4.69) is 17.4 Å². The monoisotopic (exact) mass is 325 g/mol. The van der Waals surface area contributed by atoms with Crippen molar-refractivity contribution in [2.75, 3.05) is 14.2 Å². The van der Waals surface area contributed by atoms with Crippen molar-refractivity contribution in [3.8, 4) is 11.5 Å². The zero-order valence-corrected chi connectivity index (χ0v) is 14.2. The fourth-order valence-electron chi connectivity index (χ4n) is 3.26. The summed E-state index contributed by atoms with van der Waals surface area (Å²) in [5, 5.41) is 3.25. The number of benzene rings is 2. The Hall–Kier alpha value is -2.49. The molecule has 1 amide bonds. The molecule has 0 saturated heterocycles. The van der Waals surface area contributed by atoms with Crippen molar-refractivity contribution in [3.05, 3.63) is 59.7 Å². The highest BCUT2D eigenvalue weighted by Gasteiger charge is 2.39. The Bertz CT molecular complexity index is 708. The lowest BCUT2D eigenvalue weighted by molar-refractivity contribution is -0.123. The molecule has 0 unspecified atom stereocenters. The van der Waals surface area contributed by atoms with Gasteiger partial charge in [-0.1, -0.05) is 36.4 Å². The predicted molar refractivity (Wildman–Crippen MR) is 93.4 cm³/mol. The van der Waals surface area contributed by atoms with Crippen molar-refractivity contribution in [2.45, 2.75) is 31.2 Å². The highest BCUT2D eigenvalue weighted by Crippen LogP contribution is 2.41. The minimum absolute atomic E-state index is 0.0331. The summed E-state index contributed by atoms with van der Waals surface area (Å²) in [7, 11) is 3.20. The van der Waals surface area contributed by atoms with Crippen LogP contribution in [0.1, 0.15) is 30.4 Å². The van der Waals surface area contributed by atoms with E-state index in [4.69, 9.17) is 9.47 Å². The van der Waals surface area contributed by atoms with Gasteiger partial charge in [-0.05, 0) is 42.5 Å². The lowest BCUT2D eigenvalue weighted by atomic mass is 9.71. The lowest BCUT2D eigenvalue weighted by Gasteiger charge is -2.43. The van der Waals surface area contributed by atoms with Crippen LogP contribution in [0.3, 0.4) is 0 Å². The number of nitrogens with one attached hydrogen (secondary N) is 1. The molecule has 0 bridgehead atoms. The average molecular weight is 325 g/mol. The van der Waals surface area contributed by atoms with Gasteiger partial charge in [0.1, 0.15) is 0 Å². The first kappa shape index (κ1) is 16.4. The van der Waals surface area contributed by atoms with Crippen LogP contribution in [0.5, 0.6) is 11.5 Å². The van der Waals surface area contributed by atoms with Crippen molar-refractivity contribution in [2.24, 2.45) is 0 Å². The molecule has 0 aromatic heterocycles. The summed E-state index contributed by atoms with van der Waals surface area (Å²) in [5.41, 5.74) is 1.90. The van der Waals surface area contributed by atoms with Crippen LogP contribution in [0, 0.1) is 0 Å². The summed E-state index contributed by atoms with van der Waals surface area (Å²) < 4.78 is 10.5. The third-order valence-electron chi connectivity index (χ3n) is 4.72. The van der Waals surface area contributed by atoms with E-state index < -0.39 is 0 Å². The molecular weight excluding hydrogens is 302 g/mol. The second-order valence-electron chi connectivity index (χ2n) is 6.22. The molecule has 4 heteroatoms. The lowest BCUT2D eigenvalue weighted by Crippen LogP contribution is -2.51. The molecule has 1 saturated carbocycles. The van der Waals surface area contributed by atoms with Gasteiger partial charge in [0.2, 0.25) is 5.91 Å². The summed E-state index contributed by atoms with van der Waals surface area (Å²) in [6.07, 6.45) is 3.46. The number of ether oxygens (including phenoxy) is 2. The molecule has 1 fully saturated rings. The van der Waals surface area contributed by atoms with E-state index in [-0.39, 0.29) is 11.4 Å². The molecule has 0 atom stereocenters. The van der Waals surface area contributed by atoms with Crippen LogP contribution in [0.4, 0.5) is 0 Å². The molecule has 24 heavy (non-hydrogen) atoms. The fourth-order valence-corrected chi connectivity index (χ4v) is 3.26. The van der Waals surface area contributed by atoms with E-state index in [9.17, 15) is 4.79 Å². The number of methoxy groups -OCH3 is 2. The molecule has 1 aliphatic carbocycles. The van der Waals surface area contributed by atoms with E-state index in [1.165, 1.54) is 5.56 Å². The number of hydrogen-bond acceptors (Lipinski definition) is 3. The average Bonchev–Trinajstić information content (AvgIpc) is 2.58. The number of hydrogen-bond donors (Lipinski definition) is 1. The Balaban J connectivity index is 1.71. The van der Waals surface area contributed by atoms with Crippen molar-refractivity contribution < 1.29 is 14.3 Å². The van der Waals surface area contributed by atoms with Gasteiger partial charge in [-0.25, -0.2) is 0 Å². The Morgan fingerprint density at radius 1 is 1.04 bits per heavy atom. The van der Waals surface area contributed by atoms with Gasteiger partial charge in [0.05, 0.1) is 26.2 Å². The number of carbonyl (C=O) groups excluding carboxylic acids is 1. The zero-order chi connectivity index (χ0) is 17.0. The molecule has 0 heterocycles. The standard InChI is InChI=1S/C20H23NO3/c1-23-17-10-9-15(13-18(17)24-2)14-19(22)21-20(11-6-12-20)16-7-4-3-5-8-16/h3-5,7-10,13H,6,11-12,14H2,1-2H3,(H,21,22). The van der Waals surface area contributed by atoms with Crippen molar-refractivity contribution in [1.29, 1.82) is 0 Å². The number of carbonyl (C=O) groups is 1. The molecule has 0 spiro atoms. The van der Waals surface area contributed by atoms with Gasteiger partial charge in [0.25, 0.3) is 0 Å². The number of amides is 1. The minimum atomic E-state index is -0.200. The van der Waals surface area contributed by atoms with E-state index in [0.717, 1.165) is 24.8 Å². The van der Waals surface area contributed by atoms with Crippen LogP contribution in [0.2, 0.25) is 0 Å². The summed E-state index contributed by atoms with van der Waals surface area (Å²) in [5.74, 6) is 1.34. The Morgan fingerprint density at radius 3 is 2.33 bits per heavy atom. The maximum Gasteiger partial charge on any atom is 0.225 e. The van der Waals surface area contributed by atoms with Crippen LogP contribution >= 0.6 is 0 Å². The molecule has 3 rings (SSSR count). The number of rotatable bonds is 6. The second kappa shape index (κ2) is 6.95. The van der Waals surface area contributed by atoms with Crippen LogP contribution < -0.4 is 14.8 Å². The fraction of sp³-hybridized carbons (Fsp3) is 0.350. The van der Waals surface area contributed by atoms with Gasteiger partial charge in [0, 0.05) is 0 Å². The summed E-state index contributed by atoms with van der Waals surface area (Å²) in [4.78, 5) is 12.6. The summed E-state index contributed by atoms with van der Waals surface area (Å²) >= 11 is 0. The van der Waals surface area contributed by atoms with Crippen molar-refractivity contribution >= 4 is 5.91 Å². The van der Waals surface area contributed by atoms with Gasteiger partial charge in [-0.3, -0.25) is 4.79 Å². The van der Waals surface area contributed by atoms with E-state index in [1.807, 2.05) is 36.4 Å². The molecule has 2 aromatic rings. The first-order valence-electron chi connectivity index (χ1n) is 8.24. The van der Waals surface area contributed by atoms with Crippen LogP contribution in [0.25, 0.3) is 0 Å². The molecular formula is C20H23NO3. The largest absolute Gasteiger partial charge is 0.493 e. The van der Waals surface area contributed by atoms with Crippen LogP contribution in [0.15, 0.2) is 48.5 Å². The van der Waals surface area contributed by atoms with Gasteiger partial charge < -0.3 is 14.8 Å². The van der Waals surface area contributed by atoms with Gasteiger partial charge >= 0.3 is 0 Å². The third kappa shape index (κ3) is 3.23. The highest BCUT2D eigenvalue weighted by molar-refractivity contribution is 5.80. The molecule has 1 N–H and O–H groups in total. The van der Waals surface area contributed by atoms with Crippen LogP contribution in [-0.2, 0) is 16.8 Å². The summed E-state index contributed by atoms with van der Waals surface area (Å²) in [6.45, 7) is 0. The summed E-state index contributed by atoms with van der Waals surface area (Å²) in [6, 6.07) is 15.8. The zero-order valence-electron chi connectivity index (χ0n) is 14.2. The minimum Gasteiger partial charge on any atom is -0.493 e. The van der Waals surface area contributed by atoms with Gasteiger partial charge in [0.15, 0.2) is 11.5 Å². The molecule has 2 aromatic carbocycles. The second-order valence-corrected chi connectivity index (χ2v) is 6.22. The topological polar surface area (TPSA) is 47.6 Å². The molecule has 4 nitrogen and oxygen atoms in total. The molecule has 0 aliphatic heterocycles. The Kier molecular flexibility index (Phi) is 4.74. The smallest absolute Gasteiger partial charge is 0.225 e.